The van der Waals surface area contributed by atoms with Gasteiger partial charge in [0.1, 0.15) is 11.8 Å². The molecule has 1 fully saturated rings. The highest BCUT2D eigenvalue weighted by Gasteiger charge is 2.32. The van der Waals surface area contributed by atoms with Crippen LogP contribution in [-0.2, 0) is 11.3 Å². The lowest BCUT2D eigenvalue weighted by Crippen LogP contribution is -2.56. The van der Waals surface area contributed by atoms with Crippen LogP contribution in [0.25, 0.3) is 10.9 Å². The van der Waals surface area contributed by atoms with Gasteiger partial charge in [-0.3, -0.25) is 4.79 Å². The van der Waals surface area contributed by atoms with Crippen molar-refractivity contribution in [1.29, 1.82) is 0 Å². The summed E-state index contributed by atoms with van der Waals surface area (Å²) < 4.78 is 5.56. The van der Waals surface area contributed by atoms with Gasteiger partial charge in [0.2, 0.25) is 5.91 Å². The number of hydrogen-bond donors (Lipinski definition) is 3. The number of urea groups is 1. The summed E-state index contributed by atoms with van der Waals surface area (Å²) >= 11 is 6.19. The van der Waals surface area contributed by atoms with Crippen LogP contribution in [0, 0.1) is 0 Å². The van der Waals surface area contributed by atoms with Crippen LogP contribution in [-0.4, -0.2) is 80.1 Å². The van der Waals surface area contributed by atoms with E-state index in [9.17, 15) is 9.59 Å². The number of methoxy groups -OCH3 is 1. The predicted octanol–water partition coefficient (Wildman–Crippen LogP) is 5.53. The molecule has 0 aliphatic carbocycles. The number of nitrogens with zero attached hydrogens (tertiary/aromatic N) is 3. The van der Waals surface area contributed by atoms with Crippen molar-refractivity contribution in [2.75, 3.05) is 57.6 Å². The number of amides is 3. The Kier molecular flexibility index (Phi) is 9.43. The number of H-pyrrole nitrogens is 1. The van der Waals surface area contributed by atoms with Crippen LogP contribution in [0.5, 0.6) is 5.75 Å². The Morgan fingerprint density at radius 3 is 2.51 bits per heavy atom. The maximum Gasteiger partial charge on any atom is 0.318 e. The monoisotopic (exact) mass is 602 g/mol. The smallest absolute Gasteiger partial charge is 0.318 e. The molecule has 1 saturated heterocycles. The van der Waals surface area contributed by atoms with Gasteiger partial charge in [-0.1, -0.05) is 48.9 Å². The molecule has 2 heterocycles. The number of benzene rings is 3. The maximum absolute atomic E-state index is 14.0. The largest absolute Gasteiger partial charge is 0.495 e. The van der Waals surface area contributed by atoms with Gasteiger partial charge in [0.25, 0.3) is 0 Å². The van der Waals surface area contributed by atoms with E-state index in [1.165, 1.54) is 0 Å². The lowest BCUT2D eigenvalue weighted by molar-refractivity contribution is -0.118. The summed E-state index contributed by atoms with van der Waals surface area (Å²) in [5.74, 6) is -0.0920. The number of para-hydroxylation sites is 1. The SMILES string of the molecule is COc1ccc(CN(C)C)cc1NC(=O)[C@H](NC(=O)N1CCN(c2cccc(Cl)c2)CC1)[C@@H](C)c1c[nH]c2ccccc12. The molecule has 10 heteroatoms. The average molecular weight is 603 g/mol. The number of carbonyl (C=O) groups is 2. The number of carbonyl (C=O) groups excluding carboxylic acids is 2. The average Bonchev–Trinajstić information content (AvgIpc) is 3.44. The van der Waals surface area contributed by atoms with E-state index in [0.717, 1.165) is 27.7 Å². The summed E-state index contributed by atoms with van der Waals surface area (Å²) in [6, 6.07) is 20.3. The number of halogens is 1. The molecule has 9 nitrogen and oxygen atoms in total. The van der Waals surface area contributed by atoms with Gasteiger partial charge < -0.3 is 35.1 Å². The first kappa shape index (κ1) is 30.3. The molecule has 0 spiro atoms. The standard InChI is InChI=1S/C33H39ClN6O3/c1-22(27-20-35-28-11-6-5-10-26(27)28)31(32(41)36-29-18-23(21-38(2)3)12-13-30(29)43-4)37-33(42)40-16-14-39(15-17-40)25-9-7-8-24(34)19-25/h5-13,18-20,22,31,35H,14-17,21H2,1-4H3,(H,36,41)(H,37,42)/t22-,31+/m0/s1. The first-order valence-corrected chi connectivity index (χ1v) is 14.9. The molecular weight excluding hydrogens is 564 g/mol. The molecule has 3 N–H and O–H groups in total. The minimum Gasteiger partial charge on any atom is -0.495 e. The lowest BCUT2D eigenvalue weighted by Gasteiger charge is -2.37. The number of rotatable bonds is 9. The summed E-state index contributed by atoms with van der Waals surface area (Å²) in [6.45, 7) is 5.05. The lowest BCUT2D eigenvalue weighted by atomic mass is 9.92. The third-order valence-electron chi connectivity index (χ3n) is 7.93. The Bertz CT molecular complexity index is 1580. The second-order valence-corrected chi connectivity index (χ2v) is 11.7. The summed E-state index contributed by atoms with van der Waals surface area (Å²) in [6.07, 6.45) is 1.92. The Balaban J connectivity index is 1.37. The molecular formula is C33H39ClN6O3. The second kappa shape index (κ2) is 13.4. The van der Waals surface area contributed by atoms with Crippen LogP contribution in [0.15, 0.2) is 72.9 Å². The molecule has 226 valence electrons. The molecule has 3 aromatic carbocycles. The number of aromatic nitrogens is 1. The van der Waals surface area contributed by atoms with E-state index < -0.39 is 6.04 Å². The van der Waals surface area contributed by atoms with Gasteiger partial charge >= 0.3 is 6.03 Å². The summed E-state index contributed by atoms with van der Waals surface area (Å²) in [5.41, 5.74) is 4.56. The van der Waals surface area contributed by atoms with E-state index in [-0.39, 0.29) is 17.9 Å². The minimum absolute atomic E-state index is 0.272. The fourth-order valence-electron chi connectivity index (χ4n) is 5.66. The van der Waals surface area contributed by atoms with Crippen molar-refractivity contribution < 1.29 is 14.3 Å². The predicted molar refractivity (Wildman–Crippen MR) is 173 cm³/mol. The highest BCUT2D eigenvalue weighted by atomic mass is 35.5. The molecule has 1 aliphatic heterocycles. The molecule has 3 amide bonds. The topological polar surface area (TPSA) is 92.9 Å². The molecule has 5 rings (SSSR count). The Morgan fingerprint density at radius 1 is 1.02 bits per heavy atom. The van der Waals surface area contributed by atoms with Gasteiger partial charge in [0.05, 0.1) is 12.8 Å². The van der Waals surface area contributed by atoms with Gasteiger partial charge in [-0.25, -0.2) is 4.79 Å². The van der Waals surface area contributed by atoms with E-state index >= 15 is 0 Å². The number of aromatic amines is 1. The Morgan fingerprint density at radius 2 is 1.79 bits per heavy atom. The van der Waals surface area contributed by atoms with Gasteiger partial charge in [0, 0.05) is 66.5 Å². The quantitative estimate of drug-likeness (QED) is 0.234. The fourth-order valence-corrected chi connectivity index (χ4v) is 5.84. The van der Waals surface area contributed by atoms with E-state index in [1.54, 1.807) is 12.0 Å². The van der Waals surface area contributed by atoms with Gasteiger partial charge in [-0.15, -0.1) is 0 Å². The zero-order chi connectivity index (χ0) is 30.5. The van der Waals surface area contributed by atoms with Crippen LogP contribution in [0.1, 0.15) is 24.0 Å². The summed E-state index contributed by atoms with van der Waals surface area (Å²) in [7, 11) is 5.56. The van der Waals surface area contributed by atoms with E-state index in [2.05, 4.69) is 25.4 Å². The number of anilines is 2. The first-order valence-electron chi connectivity index (χ1n) is 14.5. The summed E-state index contributed by atoms with van der Waals surface area (Å²) in [4.78, 5) is 37.0. The first-order chi connectivity index (χ1) is 20.7. The normalized spacial score (nSPS) is 14.9. The van der Waals surface area contributed by atoms with Crippen molar-refractivity contribution in [2.45, 2.75) is 25.4 Å². The van der Waals surface area contributed by atoms with E-state index in [4.69, 9.17) is 16.3 Å². The molecule has 0 bridgehead atoms. The molecule has 0 saturated carbocycles. The Labute approximate surface area is 257 Å². The highest BCUT2D eigenvalue weighted by molar-refractivity contribution is 6.30. The number of ether oxygens (including phenoxy) is 1. The number of hydrogen-bond acceptors (Lipinski definition) is 5. The van der Waals surface area contributed by atoms with Crippen LogP contribution in [0.3, 0.4) is 0 Å². The molecule has 0 radical (unpaired) electrons. The Hall–Kier alpha value is -4.21. The van der Waals surface area contributed by atoms with Gasteiger partial charge in [-0.2, -0.15) is 0 Å². The van der Waals surface area contributed by atoms with Crippen LogP contribution >= 0.6 is 11.6 Å². The molecule has 2 atom stereocenters. The van der Waals surface area contributed by atoms with Crippen LogP contribution in [0.4, 0.5) is 16.2 Å². The molecule has 1 aliphatic rings. The van der Waals surface area contributed by atoms with E-state index in [1.807, 2.05) is 93.9 Å². The fraction of sp³-hybridized carbons (Fsp3) is 0.333. The maximum atomic E-state index is 14.0. The van der Waals surface area contributed by atoms with Crippen molar-refractivity contribution in [1.82, 2.24) is 20.1 Å². The van der Waals surface area contributed by atoms with Gasteiger partial charge in [-0.05, 0) is 61.6 Å². The van der Waals surface area contributed by atoms with Crippen molar-refractivity contribution in [3.05, 3.63) is 89.1 Å². The highest BCUT2D eigenvalue weighted by Crippen LogP contribution is 2.31. The summed E-state index contributed by atoms with van der Waals surface area (Å²) in [5, 5.41) is 7.84. The van der Waals surface area contributed by atoms with Crippen molar-refractivity contribution >= 4 is 45.8 Å². The molecule has 0 unspecified atom stereocenters. The van der Waals surface area contributed by atoms with Crippen LogP contribution in [0.2, 0.25) is 5.02 Å². The number of fused-ring (bicyclic) bond motifs is 1. The molecule has 43 heavy (non-hydrogen) atoms. The third kappa shape index (κ3) is 7.06. The second-order valence-electron chi connectivity index (χ2n) is 11.2. The molecule has 4 aromatic rings. The van der Waals surface area contributed by atoms with Crippen molar-refractivity contribution in [2.24, 2.45) is 0 Å². The third-order valence-corrected chi connectivity index (χ3v) is 8.17. The van der Waals surface area contributed by atoms with Crippen molar-refractivity contribution in [3.8, 4) is 5.75 Å². The van der Waals surface area contributed by atoms with Gasteiger partial charge in [0.15, 0.2) is 0 Å². The van der Waals surface area contributed by atoms with E-state index in [0.29, 0.717) is 49.2 Å². The van der Waals surface area contributed by atoms with Crippen LogP contribution < -0.4 is 20.3 Å². The zero-order valence-corrected chi connectivity index (χ0v) is 25.8. The molecule has 1 aromatic heterocycles. The number of nitrogens with one attached hydrogen (secondary N) is 3. The zero-order valence-electron chi connectivity index (χ0n) is 25.1. The number of piperazine rings is 1. The van der Waals surface area contributed by atoms with Crippen molar-refractivity contribution in [3.63, 3.8) is 0 Å². The minimum atomic E-state index is -0.847.